The molecule has 0 aliphatic heterocycles. The summed E-state index contributed by atoms with van der Waals surface area (Å²) in [6.07, 6.45) is 9.43. The van der Waals surface area contributed by atoms with E-state index >= 15 is 0 Å². The molecule has 3 aromatic rings. The largest absolute Gasteiger partial charge is 0.497 e. The van der Waals surface area contributed by atoms with Crippen LogP contribution in [0.4, 0.5) is 0 Å². The first kappa shape index (κ1) is 24.3. The number of methoxy groups -OCH3 is 1. The molecule has 34 heavy (non-hydrogen) atoms. The summed E-state index contributed by atoms with van der Waals surface area (Å²) in [5.41, 5.74) is 4.11. The van der Waals surface area contributed by atoms with Gasteiger partial charge in [-0.1, -0.05) is 66.8 Å². The highest BCUT2D eigenvalue weighted by atomic mass is 16.5. The smallest absolute Gasteiger partial charge is 0.338 e. The Labute approximate surface area is 199 Å². The normalized spacial score (nSPS) is 11.6. The van der Waals surface area contributed by atoms with Crippen molar-refractivity contribution in [2.45, 2.75) is 13.8 Å². The average Bonchev–Trinajstić information content (AvgIpc) is 2.87. The lowest BCUT2D eigenvalue weighted by Gasteiger charge is -2.09. The number of carbonyl (C=O) groups excluding carboxylic acids is 2. The fraction of sp³-hybridized carbons (Fsp3) is 0.103. The molecule has 0 saturated heterocycles. The van der Waals surface area contributed by atoms with Gasteiger partial charge in [0.05, 0.1) is 7.11 Å². The molecular weight excluding hydrogens is 428 g/mol. The lowest BCUT2D eigenvalue weighted by atomic mass is 10.1. The second-order valence-electron chi connectivity index (χ2n) is 7.38. The van der Waals surface area contributed by atoms with Gasteiger partial charge in [-0.05, 0) is 60.9 Å². The molecule has 0 aliphatic rings. The summed E-state index contributed by atoms with van der Waals surface area (Å²) in [4.78, 5) is 22.9. The van der Waals surface area contributed by atoms with Crippen molar-refractivity contribution < 1.29 is 23.8 Å². The van der Waals surface area contributed by atoms with Crippen LogP contribution in [0.15, 0.2) is 78.4 Å². The van der Waals surface area contributed by atoms with Crippen LogP contribution < -0.4 is 14.2 Å². The maximum Gasteiger partial charge on any atom is 0.338 e. The van der Waals surface area contributed by atoms with Crippen molar-refractivity contribution in [1.29, 1.82) is 0 Å². The number of hydrogen-bond donors (Lipinski definition) is 0. The zero-order chi connectivity index (χ0) is 24.3. The topological polar surface area (TPSA) is 61.8 Å². The third kappa shape index (κ3) is 6.81. The quantitative estimate of drug-likeness (QED) is 0.122. The SMILES string of the molecule is C/C=C(\C)C(=O)Oc1cc(/C=C/c2ccc(OC=O)cc2)ccc1/C=C/c1ccc(OC)cc1. The van der Waals surface area contributed by atoms with E-state index in [2.05, 4.69) is 0 Å². The summed E-state index contributed by atoms with van der Waals surface area (Å²) in [6.45, 7) is 3.91. The number of ether oxygens (including phenoxy) is 3. The van der Waals surface area contributed by atoms with Crippen molar-refractivity contribution in [3.05, 3.63) is 101 Å². The third-order valence-electron chi connectivity index (χ3n) is 5.10. The molecule has 0 bridgehead atoms. The van der Waals surface area contributed by atoms with Crippen LogP contribution in [0.5, 0.6) is 17.2 Å². The van der Waals surface area contributed by atoms with Crippen LogP contribution in [0.1, 0.15) is 36.1 Å². The Bertz CT molecular complexity index is 1220. The van der Waals surface area contributed by atoms with Crippen LogP contribution in [-0.2, 0) is 9.59 Å². The highest BCUT2D eigenvalue weighted by molar-refractivity contribution is 5.90. The van der Waals surface area contributed by atoms with E-state index in [0.717, 1.165) is 28.0 Å². The zero-order valence-electron chi connectivity index (χ0n) is 19.4. The maximum absolute atomic E-state index is 12.4. The molecule has 5 heteroatoms. The highest BCUT2D eigenvalue weighted by Gasteiger charge is 2.10. The molecule has 172 valence electrons. The monoisotopic (exact) mass is 454 g/mol. The molecule has 0 saturated carbocycles. The van der Waals surface area contributed by atoms with Crippen LogP contribution >= 0.6 is 0 Å². The van der Waals surface area contributed by atoms with E-state index in [-0.39, 0.29) is 0 Å². The molecule has 0 spiro atoms. The maximum atomic E-state index is 12.4. The molecule has 0 N–H and O–H groups in total. The third-order valence-corrected chi connectivity index (χ3v) is 5.10. The molecule has 0 heterocycles. The molecular formula is C29H26O5. The first-order valence-corrected chi connectivity index (χ1v) is 10.7. The van der Waals surface area contributed by atoms with Gasteiger partial charge in [0, 0.05) is 11.1 Å². The number of allylic oxidation sites excluding steroid dienone is 1. The zero-order valence-corrected chi connectivity index (χ0v) is 19.4. The minimum atomic E-state index is -0.395. The van der Waals surface area contributed by atoms with Crippen molar-refractivity contribution in [3.8, 4) is 17.2 Å². The van der Waals surface area contributed by atoms with Gasteiger partial charge in [0.15, 0.2) is 0 Å². The van der Waals surface area contributed by atoms with Gasteiger partial charge in [-0.25, -0.2) is 4.79 Å². The molecule has 0 aliphatic carbocycles. The lowest BCUT2D eigenvalue weighted by molar-refractivity contribution is -0.130. The van der Waals surface area contributed by atoms with E-state index in [1.165, 1.54) is 0 Å². The van der Waals surface area contributed by atoms with E-state index < -0.39 is 5.97 Å². The van der Waals surface area contributed by atoms with Crippen LogP contribution in [0.3, 0.4) is 0 Å². The van der Waals surface area contributed by atoms with Gasteiger partial charge >= 0.3 is 5.97 Å². The minimum Gasteiger partial charge on any atom is -0.497 e. The lowest BCUT2D eigenvalue weighted by Crippen LogP contribution is -2.09. The van der Waals surface area contributed by atoms with Crippen LogP contribution in [-0.4, -0.2) is 19.6 Å². The van der Waals surface area contributed by atoms with Gasteiger partial charge in [0.2, 0.25) is 0 Å². The average molecular weight is 455 g/mol. The summed E-state index contributed by atoms with van der Waals surface area (Å²) >= 11 is 0. The molecule has 0 atom stereocenters. The van der Waals surface area contributed by atoms with Crippen molar-refractivity contribution in [2.75, 3.05) is 7.11 Å². The van der Waals surface area contributed by atoms with E-state index in [1.807, 2.05) is 78.9 Å². The van der Waals surface area contributed by atoms with Crippen molar-refractivity contribution in [3.63, 3.8) is 0 Å². The molecule has 0 amide bonds. The molecule has 0 fully saturated rings. The second-order valence-corrected chi connectivity index (χ2v) is 7.38. The van der Waals surface area contributed by atoms with Gasteiger partial charge in [0.1, 0.15) is 17.2 Å². The highest BCUT2D eigenvalue weighted by Crippen LogP contribution is 2.26. The van der Waals surface area contributed by atoms with Crippen molar-refractivity contribution >= 4 is 36.7 Å². The molecule has 3 rings (SSSR count). The number of hydrogen-bond acceptors (Lipinski definition) is 5. The fourth-order valence-corrected chi connectivity index (χ4v) is 2.99. The van der Waals surface area contributed by atoms with Gasteiger partial charge in [0.25, 0.3) is 6.47 Å². The van der Waals surface area contributed by atoms with E-state index in [1.54, 1.807) is 39.2 Å². The van der Waals surface area contributed by atoms with Crippen molar-refractivity contribution in [1.82, 2.24) is 0 Å². The molecule has 0 unspecified atom stereocenters. The number of benzene rings is 3. The number of esters is 1. The Morgan fingerprint density at radius 1 is 0.765 bits per heavy atom. The van der Waals surface area contributed by atoms with E-state index in [9.17, 15) is 9.59 Å². The Morgan fingerprint density at radius 2 is 1.32 bits per heavy atom. The summed E-state index contributed by atoms with van der Waals surface area (Å²) in [5, 5.41) is 0. The van der Waals surface area contributed by atoms with Crippen molar-refractivity contribution in [2.24, 2.45) is 0 Å². The summed E-state index contributed by atoms with van der Waals surface area (Å²) < 4.78 is 15.7. The van der Waals surface area contributed by atoms with Crippen LogP contribution in [0.2, 0.25) is 0 Å². The first-order valence-electron chi connectivity index (χ1n) is 10.7. The van der Waals surface area contributed by atoms with Gasteiger partial charge in [-0.15, -0.1) is 0 Å². The molecule has 0 radical (unpaired) electrons. The molecule has 3 aromatic carbocycles. The Morgan fingerprint density at radius 3 is 1.91 bits per heavy atom. The summed E-state index contributed by atoms with van der Waals surface area (Å²) in [5.74, 6) is 1.34. The van der Waals surface area contributed by atoms with Gasteiger partial charge in [-0.3, -0.25) is 4.79 Å². The minimum absolute atomic E-state index is 0.395. The Balaban J connectivity index is 1.87. The second kappa shape index (κ2) is 12.0. The van der Waals surface area contributed by atoms with E-state index in [4.69, 9.17) is 14.2 Å². The molecule has 0 aromatic heterocycles. The van der Waals surface area contributed by atoms with Gasteiger partial charge in [-0.2, -0.15) is 0 Å². The number of carbonyl (C=O) groups is 2. The number of rotatable bonds is 9. The Hall–Kier alpha value is -4.38. The van der Waals surface area contributed by atoms with Crippen LogP contribution in [0.25, 0.3) is 24.3 Å². The van der Waals surface area contributed by atoms with E-state index in [0.29, 0.717) is 23.5 Å². The predicted octanol–water partition coefficient (Wildman–Crippen LogP) is 6.44. The standard InChI is InChI=1S/C29H26O5/c1-4-21(2)29(31)34-28-19-24(6-5-22-11-17-27(18-12-22)33-20-30)8-14-25(28)13-7-23-9-15-26(32-3)16-10-23/h4-20H,1-3H3/b6-5+,13-7+,21-4+. The summed E-state index contributed by atoms with van der Waals surface area (Å²) in [6, 6.07) is 20.5. The Kier molecular flexibility index (Phi) is 8.58. The predicted molar refractivity (Wildman–Crippen MR) is 135 cm³/mol. The van der Waals surface area contributed by atoms with Crippen LogP contribution in [0, 0.1) is 0 Å². The first-order chi connectivity index (χ1) is 16.5. The van der Waals surface area contributed by atoms with Gasteiger partial charge < -0.3 is 14.2 Å². The fourth-order valence-electron chi connectivity index (χ4n) is 2.99. The molecule has 5 nitrogen and oxygen atoms in total. The summed E-state index contributed by atoms with van der Waals surface area (Å²) in [7, 11) is 1.63.